The van der Waals surface area contributed by atoms with E-state index in [1.807, 2.05) is 12.1 Å². The number of piperazine rings is 1. The first-order valence-corrected chi connectivity index (χ1v) is 9.15. The van der Waals surface area contributed by atoms with Crippen molar-refractivity contribution in [3.63, 3.8) is 0 Å². The number of carbonyl (C=O) groups is 1. The summed E-state index contributed by atoms with van der Waals surface area (Å²) in [6.45, 7) is 8.95. The van der Waals surface area contributed by atoms with Gasteiger partial charge in [-0.15, -0.1) is 0 Å². The van der Waals surface area contributed by atoms with Gasteiger partial charge in [-0.25, -0.2) is 5.43 Å². The number of carbonyl (C=O) groups excluding carboxylic acids is 1. The minimum absolute atomic E-state index is 0.0346. The van der Waals surface area contributed by atoms with Gasteiger partial charge in [-0.05, 0) is 26.0 Å². The lowest BCUT2D eigenvalue weighted by Gasteiger charge is -2.49. The van der Waals surface area contributed by atoms with Gasteiger partial charge in [0.05, 0.1) is 19.9 Å². The normalized spacial score (nSPS) is 25.9. The second kappa shape index (κ2) is 7.82. The summed E-state index contributed by atoms with van der Waals surface area (Å²) in [5.41, 5.74) is 7.23. The van der Waals surface area contributed by atoms with Gasteiger partial charge < -0.3 is 14.4 Å². The lowest BCUT2D eigenvalue weighted by atomic mass is 9.95. The molecule has 0 bridgehead atoms. The van der Waals surface area contributed by atoms with Crippen molar-refractivity contribution in [3.05, 3.63) is 24.3 Å². The van der Waals surface area contributed by atoms with Crippen LogP contribution in [-0.2, 0) is 9.53 Å². The molecular weight excluding hydrogens is 332 g/mol. The number of hydrogen-bond donors (Lipinski definition) is 2. The number of anilines is 1. The van der Waals surface area contributed by atoms with E-state index in [-0.39, 0.29) is 23.5 Å². The fourth-order valence-electron chi connectivity index (χ4n) is 4.13. The molecule has 1 aromatic carbocycles. The highest BCUT2D eigenvalue weighted by atomic mass is 16.5. The summed E-state index contributed by atoms with van der Waals surface area (Å²) in [6, 6.07) is 7.90. The molecule has 0 spiro atoms. The molecule has 2 atom stereocenters. The van der Waals surface area contributed by atoms with Crippen LogP contribution in [0.4, 0.5) is 5.69 Å². The number of nitrogens with one attached hydrogen (secondary N) is 2. The molecule has 0 radical (unpaired) electrons. The minimum Gasteiger partial charge on any atom is -0.495 e. The standard InChI is InChI=1S/C19H30N4O3/c1-19(2)13-22(12-14-11-20-21-17(14)18(24)26-4)9-10-23(19)15-7-5-6-8-16(15)25-3/h5-8,14,17,20-21H,9-13H2,1-4H3. The van der Waals surface area contributed by atoms with Crippen LogP contribution in [0.3, 0.4) is 0 Å². The van der Waals surface area contributed by atoms with Crippen LogP contribution in [0.25, 0.3) is 0 Å². The first kappa shape index (κ1) is 18.9. The first-order valence-electron chi connectivity index (χ1n) is 9.15. The van der Waals surface area contributed by atoms with E-state index in [1.165, 1.54) is 7.11 Å². The van der Waals surface area contributed by atoms with Gasteiger partial charge >= 0.3 is 5.97 Å². The third kappa shape index (κ3) is 3.79. The predicted molar refractivity (Wildman–Crippen MR) is 101 cm³/mol. The number of ether oxygens (including phenoxy) is 2. The topological polar surface area (TPSA) is 66.1 Å². The monoisotopic (exact) mass is 362 g/mol. The van der Waals surface area contributed by atoms with Crippen molar-refractivity contribution in [2.45, 2.75) is 25.4 Å². The van der Waals surface area contributed by atoms with Gasteiger partial charge in [-0.1, -0.05) is 12.1 Å². The van der Waals surface area contributed by atoms with Crippen LogP contribution in [0, 0.1) is 5.92 Å². The van der Waals surface area contributed by atoms with Gasteiger partial charge in [0.15, 0.2) is 0 Å². The minimum atomic E-state index is -0.282. The lowest BCUT2D eigenvalue weighted by molar-refractivity contribution is -0.144. The van der Waals surface area contributed by atoms with Gasteiger partial charge in [0, 0.05) is 44.2 Å². The van der Waals surface area contributed by atoms with E-state index in [0.717, 1.165) is 44.2 Å². The van der Waals surface area contributed by atoms with Gasteiger partial charge in [0.1, 0.15) is 11.8 Å². The fraction of sp³-hybridized carbons (Fsp3) is 0.632. The zero-order valence-corrected chi connectivity index (χ0v) is 16.1. The van der Waals surface area contributed by atoms with Gasteiger partial charge in [0.2, 0.25) is 0 Å². The average Bonchev–Trinajstić information content (AvgIpc) is 3.08. The second-order valence-electron chi connectivity index (χ2n) is 7.66. The molecule has 2 aliphatic rings. The molecule has 26 heavy (non-hydrogen) atoms. The van der Waals surface area contributed by atoms with Crippen molar-refractivity contribution in [1.82, 2.24) is 15.8 Å². The van der Waals surface area contributed by atoms with E-state index >= 15 is 0 Å². The second-order valence-corrected chi connectivity index (χ2v) is 7.66. The van der Waals surface area contributed by atoms with E-state index in [1.54, 1.807) is 7.11 Å². The number of benzene rings is 1. The van der Waals surface area contributed by atoms with Crippen LogP contribution in [0.5, 0.6) is 5.75 Å². The van der Waals surface area contributed by atoms with Crippen molar-refractivity contribution >= 4 is 11.7 Å². The quantitative estimate of drug-likeness (QED) is 0.753. The number of methoxy groups -OCH3 is 2. The largest absolute Gasteiger partial charge is 0.495 e. The summed E-state index contributed by atoms with van der Waals surface area (Å²) in [4.78, 5) is 16.8. The molecule has 2 saturated heterocycles. The molecule has 2 fully saturated rings. The Balaban J connectivity index is 1.68. The summed E-state index contributed by atoms with van der Waals surface area (Å²) in [6.07, 6.45) is 0. The molecule has 2 unspecified atom stereocenters. The van der Waals surface area contributed by atoms with Crippen molar-refractivity contribution in [1.29, 1.82) is 0 Å². The van der Waals surface area contributed by atoms with E-state index < -0.39 is 0 Å². The Morgan fingerprint density at radius 3 is 2.73 bits per heavy atom. The van der Waals surface area contributed by atoms with Crippen LogP contribution in [0.1, 0.15) is 13.8 Å². The molecular formula is C19H30N4O3. The highest BCUT2D eigenvalue weighted by molar-refractivity contribution is 5.76. The lowest BCUT2D eigenvalue weighted by Crippen LogP contribution is -2.60. The SMILES string of the molecule is COC(=O)C1NNCC1CN1CCN(c2ccccc2OC)C(C)(C)C1. The number of nitrogens with zero attached hydrogens (tertiary/aromatic N) is 2. The van der Waals surface area contributed by atoms with Crippen LogP contribution in [-0.4, -0.2) is 69.4 Å². The van der Waals surface area contributed by atoms with Crippen LogP contribution in [0.15, 0.2) is 24.3 Å². The third-order valence-corrected chi connectivity index (χ3v) is 5.40. The zero-order valence-electron chi connectivity index (χ0n) is 16.1. The highest BCUT2D eigenvalue weighted by Gasteiger charge is 2.39. The Labute approximate surface area is 155 Å². The van der Waals surface area contributed by atoms with E-state index in [9.17, 15) is 4.79 Å². The van der Waals surface area contributed by atoms with Crippen LogP contribution < -0.4 is 20.5 Å². The Morgan fingerprint density at radius 2 is 2.04 bits per heavy atom. The summed E-state index contributed by atoms with van der Waals surface area (Å²) >= 11 is 0. The summed E-state index contributed by atoms with van der Waals surface area (Å²) in [7, 11) is 3.16. The molecule has 144 valence electrons. The highest BCUT2D eigenvalue weighted by Crippen LogP contribution is 2.35. The predicted octanol–water partition coefficient (Wildman–Crippen LogP) is 0.861. The Kier molecular flexibility index (Phi) is 5.70. The van der Waals surface area contributed by atoms with Crippen LogP contribution in [0.2, 0.25) is 0 Å². The average molecular weight is 362 g/mol. The molecule has 0 saturated carbocycles. The molecule has 0 aromatic heterocycles. The Hall–Kier alpha value is -1.83. The fourth-order valence-corrected chi connectivity index (χ4v) is 4.13. The summed E-state index contributed by atoms with van der Waals surface area (Å²) in [5, 5.41) is 0. The number of rotatable bonds is 5. The van der Waals surface area contributed by atoms with Crippen molar-refractivity contribution in [3.8, 4) is 5.75 Å². The molecule has 2 heterocycles. The van der Waals surface area contributed by atoms with Gasteiger partial charge in [-0.3, -0.25) is 15.1 Å². The molecule has 7 nitrogen and oxygen atoms in total. The molecule has 3 rings (SSSR count). The van der Waals surface area contributed by atoms with Crippen LogP contribution >= 0.6 is 0 Å². The number of hydrogen-bond acceptors (Lipinski definition) is 7. The van der Waals surface area contributed by atoms with E-state index in [0.29, 0.717) is 0 Å². The smallest absolute Gasteiger partial charge is 0.324 e. The maximum absolute atomic E-state index is 11.9. The number of hydrazine groups is 1. The first-order chi connectivity index (χ1) is 12.5. The van der Waals surface area contributed by atoms with Crippen molar-refractivity contribution in [2.24, 2.45) is 5.92 Å². The number of para-hydroxylation sites is 2. The molecule has 2 N–H and O–H groups in total. The maximum atomic E-state index is 11.9. The summed E-state index contributed by atoms with van der Waals surface area (Å²) in [5.74, 6) is 0.909. The third-order valence-electron chi connectivity index (χ3n) is 5.40. The van der Waals surface area contributed by atoms with Crippen molar-refractivity contribution < 1.29 is 14.3 Å². The Morgan fingerprint density at radius 1 is 1.27 bits per heavy atom. The number of esters is 1. The van der Waals surface area contributed by atoms with Gasteiger partial charge in [-0.2, -0.15) is 0 Å². The zero-order chi connectivity index (χ0) is 18.7. The van der Waals surface area contributed by atoms with E-state index in [2.05, 4.69) is 46.6 Å². The van der Waals surface area contributed by atoms with Gasteiger partial charge in [0.25, 0.3) is 0 Å². The summed E-state index contributed by atoms with van der Waals surface area (Å²) < 4.78 is 10.5. The van der Waals surface area contributed by atoms with Crippen molar-refractivity contribution in [2.75, 3.05) is 51.8 Å². The molecule has 0 aliphatic carbocycles. The maximum Gasteiger partial charge on any atom is 0.324 e. The molecule has 1 aromatic rings. The molecule has 0 amide bonds. The Bertz CT molecular complexity index is 637. The molecule has 2 aliphatic heterocycles. The molecule has 7 heteroatoms. The van der Waals surface area contributed by atoms with E-state index in [4.69, 9.17) is 9.47 Å².